The molecule has 2 fully saturated rings. The van der Waals surface area contributed by atoms with Crippen LogP contribution >= 0.6 is 0 Å². The summed E-state index contributed by atoms with van der Waals surface area (Å²) in [6.07, 6.45) is -1.93. The van der Waals surface area contributed by atoms with E-state index in [1.807, 2.05) is 0 Å². The number of aliphatic hydroxyl groups is 2. The molecule has 0 aromatic heterocycles. The third kappa shape index (κ3) is 1.29. The average Bonchev–Trinajstić information content (AvgIpc) is 2.78. The number of carbonyl (C=O) groups excluding carboxylic acids is 4. The summed E-state index contributed by atoms with van der Waals surface area (Å²) in [7, 11) is 0. The molecule has 2 heterocycles. The topological polar surface area (TPSA) is 122 Å². The van der Waals surface area contributed by atoms with Crippen LogP contribution in [0, 0.1) is 0 Å². The minimum Gasteiger partial charge on any atom is -0.376 e. The van der Waals surface area contributed by atoms with E-state index in [9.17, 15) is 19.2 Å². The summed E-state index contributed by atoms with van der Waals surface area (Å²) < 4.78 is 0. The molecule has 0 aromatic carbocycles. The summed E-state index contributed by atoms with van der Waals surface area (Å²) in [4.78, 5) is 47.9. The van der Waals surface area contributed by atoms with Crippen LogP contribution in [0.5, 0.6) is 0 Å². The van der Waals surface area contributed by atoms with Crippen LogP contribution in [-0.4, -0.2) is 80.5 Å². The van der Waals surface area contributed by atoms with Gasteiger partial charge in [-0.25, -0.2) is 19.4 Å². The largest absolute Gasteiger partial charge is 0.376 e. The Morgan fingerprint density at radius 3 is 1.56 bits per heavy atom. The molecule has 2 saturated heterocycles. The maximum Gasteiger partial charge on any atom is 0.332 e. The van der Waals surface area contributed by atoms with Crippen LogP contribution in [0.25, 0.3) is 0 Å². The van der Waals surface area contributed by atoms with Gasteiger partial charge < -0.3 is 10.2 Å². The Bertz CT molecular complexity index is 378. The lowest BCUT2D eigenvalue weighted by molar-refractivity contribution is -0.123. The van der Waals surface area contributed by atoms with Gasteiger partial charge in [-0.15, -0.1) is 0 Å². The van der Waals surface area contributed by atoms with Crippen molar-refractivity contribution in [3.05, 3.63) is 0 Å². The van der Waals surface area contributed by atoms with Crippen molar-refractivity contribution in [2.75, 3.05) is 13.5 Å². The smallest absolute Gasteiger partial charge is 0.332 e. The maximum atomic E-state index is 11.7. The molecule has 0 radical (unpaired) electrons. The van der Waals surface area contributed by atoms with Gasteiger partial charge in [0.05, 0.1) is 0 Å². The molecule has 2 N–H and O–H groups in total. The number of aliphatic hydroxyl groups excluding tert-OH is 2. The summed E-state index contributed by atoms with van der Waals surface area (Å²) in [6.45, 7) is -1.50. The molecule has 98 valence electrons. The normalized spacial score (nSPS) is 27.0. The Morgan fingerprint density at radius 1 is 0.889 bits per heavy atom. The van der Waals surface area contributed by atoms with E-state index in [1.165, 1.54) is 0 Å². The van der Waals surface area contributed by atoms with Crippen LogP contribution in [0.15, 0.2) is 0 Å². The lowest BCUT2D eigenvalue weighted by Gasteiger charge is -2.25. The molecule has 10 heteroatoms. The number of hydrogen-bond donors (Lipinski definition) is 2. The third-order valence-electron chi connectivity index (χ3n) is 2.94. The fourth-order valence-corrected chi connectivity index (χ4v) is 2.16. The van der Waals surface area contributed by atoms with E-state index in [4.69, 9.17) is 10.2 Å². The predicted octanol–water partition coefficient (Wildman–Crippen LogP) is -2.67. The second-order valence-corrected chi connectivity index (χ2v) is 3.64. The Kier molecular flexibility index (Phi) is 2.88. The standard InChI is InChI=1S/C8H10N4O6/c13-1-9-5-6(11(3-15)7(9)17)12(4-16)8(18)10(5)2-14/h1-2,5-6,15-16H,3-4H2. The zero-order valence-corrected chi connectivity index (χ0v) is 9.04. The first kappa shape index (κ1) is 12.3. The summed E-state index contributed by atoms with van der Waals surface area (Å²) in [6, 6.07) is -1.69. The molecular formula is C8H10N4O6. The van der Waals surface area contributed by atoms with Gasteiger partial charge in [0.1, 0.15) is 13.5 Å². The van der Waals surface area contributed by atoms with E-state index in [-0.39, 0.29) is 12.8 Å². The van der Waals surface area contributed by atoms with Crippen molar-refractivity contribution < 1.29 is 29.4 Å². The second-order valence-electron chi connectivity index (χ2n) is 3.64. The molecule has 0 bridgehead atoms. The summed E-state index contributed by atoms with van der Waals surface area (Å²) in [5, 5.41) is 18.2. The zero-order chi connectivity index (χ0) is 13.4. The first-order valence-electron chi connectivity index (χ1n) is 4.92. The van der Waals surface area contributed by atoms with Gasteiger partial charge in [0.25, 0.3) is 0 Å². The van der Waals surface area contributed by atoms with Crippen molar-refractivity contribution in [1.82, 2.24) is 19.6 Å². The van der Waals surface area contributed by atoms with Crippen molar-refractivity contribution in [3.63, 3.8) is 0 Å². The van der Waals surface area contributed by atoms with Crippen LogP contribution in [0.1, 0.15) is 0 Å². The number of rotatable bonds is 4. The number of fused-ring (bicyclic) bond motifs is 1. The lowest BCUT2D eigenvalue weighted by Crippen LogP contribution is -2.47. The van der Waals surface area contributed by atoms with E-state index in [0.717, 1.165) is 9.80 Å². The van der Waals surface area contributed by atoms with Crippen LogP contribution in [0.2, 0.25) is 0 Å². The van der Waals surface area contributed by atoms with Crippen LogP contribution in [-0.2, 0) is 9.59 Å². The molecule has 2 rings (SSSR count). The van der Waals surface area contributed by atoms with Gasteiger partial charge in [-0.05, 0) is 0 Å². The summed E-state index contributed by atoms with van der Waals surface area (Å²) in [5.74, 6) is 0. The van der Waals surface area contributed by atoms with Gasteiger partial charge in [-0.2, -0.15) is 0 Å². The van der Waals surface area contributed by atoms with Gasteiger partial charge in [0.2, 0.25) is 12.8 Å². The van der Waals surface area contributed by atoms with Crippen LogP contribution in [0.3, 0.4) is 0 Å². The SMILES string of the molecule is O=CN1C(=O)N(CO)C2C1N(C=O)C(=O)N2CO. The van der Waals surface area contributed by atoms with Crippen molar-refractivity contribution in [3.8, 4) is 0 Å². The average molecular weight is 258 g/mol. The fourth-order valence-electron chi connectivity index (χ4n) is 2.16. The predicted molar refractivity (Wildman–Crippen MR) is 52.0 cm³/mol. The molecule has 2 aliphatic heterocycles. The Hall–Kier alpha value is -2.20. The quantitative estimate of drug-likeness (QED) is 0.530. The highest BCUT2D eigenvalue weighted by molar-refractivity contribution is 5.95. The van der Waals surface area contributed by atoms with Gasteiger partial charge in [0, 0.05) is 0 Å². The number of hydrogen-bond acceptors (Lipinski definition) is 6. The molecule has 6 amide bonds. The van der Waals surface area contributed by atoms with Crippen molar-refractivity contribution in [2.24, 2.45) is 0 Å². The zero-order valence-electron chi connectivity index (χ0n) is 9.04. The Balaban J connectivity index is 2.47. The molecule has 18 heavy (non-hydrogen) atoms. The fraction of sp³-hybridized carbons (Fsp3) is 0.500. The molecule has 0 saturated carbocycles. The van der Waals surface area contributed by atoms with Gasteiger partial charge in [-0.3, -0.25) is 19.4 Å². The van der Waals surface area contributed by atoms with E-state index < -0.39 is 37.9 Å². The number of nitrogens with zero attached hydrogens (tertiary/aromatic N) is 4. The third-order valence-corrected chi connectivity index (χ3v) is 2.94. The van der Waals surface area contributed by atoms with E-state index in [0.29, 0.717) is 9.80 Å². The number of urea groups is 2. The molecule has 0 aromatic rings. The first-order valence-corrected chi connectivity index (χ1v) is 4.92. The number of amides is 6. The van der Waals surface area contributed by atoms with E-state index >= 15 is 0 Å². The summed E-state index contributed by atoms with van der Waals surface area (Å²) >= 11 is 0. The Labute approximate surface area is 101 Å². The molecule has 0 unspecified atom stereocenters. The molecule has 0 aliphatic carbocycles. The Morgan fingerprint density at radius 2 is 1.28 bits per heavy atom. The van der Waals surface area contributed by atoms with Gasteiger partial charge in [-0.1, -0.05) is 0 Å². The first-order chi connectivity index (χ1) is 8.62. The van der Waals surface area contributed by atoms with E-state index in [1.54, 1.807) is 0 Å². The number of imide groups is 2. The van der Waals surface area contributed by atoms with E-state index in [2.05, 4.69) is 0 Å². The minimum absolute atomic E-state index is 0.167. The highest BCUT2D eigenvalue weighted by Crippen LogP contribution is 2.32. The highest BCUT2D eigenvalue weighted by Gasteiger charge is 2.59. The monoisotopic (exact) mass is 258 g/mol. The molecule has 10 nitrogen and oxygen atoms in total. The van der Waals surface area contributed by atoms with Gasteiger partial charge >= 0.3 is 12.1 Å². The van der Waals surface area contributed by atoms with Crippen molar-refractivity contribution >= 4 is 24.9 Å². The molecule has 0 spiro atoms. The van der Waals surface area contributed by atoms with Crippen molar-refractivity contribution in [2.45, 2.75) is 12.3 Å². The van der Waals surface area contributed by atoms with Crippen molar-refractivity contribution in [1.29, 1.82) is 0 Å². The second kappa shape index (κ2) is 4.23. The highest BCUT2D eigenvalue weighted by atomic mass is 16.3. The maximum absolute atomic E-state index is 11.7. The van der Waals surface area contributed by atoms with Crippen LogP contribution < -0.4 is 0 Å². The lowest BCUT2D eigenvalue weighted by atomic mass is 10.3. The number of carbonyl (C=O) groups is 4. The minimum atomic E-state index is -1.18. The molecular weight excluding hydrogens is 248 g/mol. The van der Waals surface area contributed by atoms with Gasteiger partial charge in [0.15, 0.2) is 12.3 Å². The summed E-state index contributed by atoms with van der Waals surface area (Å²) in [5.41, 5.74) is 0. The molecule has 0 atom stereocenters. The van der Waals surface area contributed by atoms with Crippen LogP contribution in [0.4, 0.5) is 9.59 Å². The molecule has 2 aliphatic rings.